The van der Waals surface area contributed by atoms with E-state index in [1.54, 1.807) is 41.6 Å². The lowest BCUT2D eigenvalue weighted by Gasteiger charge is -2.33. The quantitative estimate of drug-likeness (QED) is 0.720. The smallest absolute Gasteiger partial charge is 0.254 e. The third-order valence-corrected chi connectivity index (χ3v) is 4.52. The van der Waals surface area contributed by atoms with E-state index in [9.17, 15) is 9.18 Å². The minimum absolute atomic E-state index is 0.0707. The zero-order chi connectivity index (χ0) is 17.9. The van der Waals surface area contributed by atoms with Crippen molar-refractivity contribution in [3.05, 3.63) is 66.1 Å². The molecule has 0 spiro atoms. The Morgan fingerprint density at radius 3 is 2.65 bits per heavy atom. The molecule has 6 nitrogen and oxygen atoms in total. The molecule has 1 atom stereocenters. The van der Waals surface area contributed by atoms with Gasteiger partial charge in [0.1, 0.15) is 11.9 Å². The molecule has 0 N–H and O–H groups in total. The molecule has 3 aromatic rings. The first-order chi connectivity index (χ1) is 12.7. The van der Waals surface area contributed by atoms with E-state index in [-0.39, 0.29) is 17.8 Å². The molecule has 7 heteroatoms. The molecule has 3 heterocycles. The third-order valence-electron chi connectivity index (χ3n) is 4.52. The lowest BCUT2D eigenvalue weighted by Crippen LogP contribution is -2.38. The maximum atomic E-state index is 13.1. The number of pyridine rings is 1. The Balaban J connectivity index is 1.61. The van der Waals surface area contributed by atoms with E-state index in [0.29, 0.717) is 29.4 Å². The molecule has 1 fully saturated rings. The van der Waals surface area contributed by atoms with Crippen LogP contribution in [0.4, 0.5) is 4.39 Å². The maximum absolute atomic E-state index is 13.1. The Labute approximate surface area is 149 Å². The van der Waals surface area contributed by atoms with Crippen molar-refractivity contribution < 1.29 is 13.7 Å². The van der Waals surface area contributed by atoms with E-state index in [4.69, 9.17) is 4.52 Å². The number of likely N-dealkylation sites (tertiary alicyclic amines) is 1. The van der Waals surface area contributed by atoms with E-state index >= 15 is 0 Å². The minimum atomic E-state index is -0.320. The summed E-state index contributed by atoms with van der Waals surface area (Å²) in [4.78, 5) is 23.1. The molecule has 2 aromatic heterocycles. The second kappa shape index (κ2) is 7.03. The van der Waals surface area contributed by atoms with Crippen LogP contribution in [0.5, 0.6) is 0 Å². The van der Waals surface area contributed by atoms with Crippen LogP contribution in [0.1, 0.15) is 41.6 Å². The fourth-order valence-corrected chi connectivity index (χ4v) is 3.18. The standard InChI is InChI=1S/C19H17FN4O2/c20-15-6-4-13(5-7-15)17-22-18(26-23-17)16-3-1-2-12-24(16)19(25)14-8-10-21-11-9-14/h4-11,16H,1-3,12H2. The van der Waals surface area contributed by atoms with Gasteiger partial charge >= 0.3 is 0 Å². The number of hydrogen-bond acceptors (Lipinski definition) is 5. The highest BCUT2D eigenvalue weighted by Gasteiger charge is 2.32. The van der Waals surface area contributed by atoms with Gasteiger partial charge in [0.15, 0.2) is 0 Å². The normalized spacial score (nSPS) is 17.3. The Hall–Kier alpha value is -3.09. The number of benzene rings is 1. The van der Waals surface area contributed by atoms with Crippen LogP contribution in [0, 0.1) is 5.82 Å². The van der Waals surface area contributed by atoms with Crippen molar-refractivity contribution in [3.63, 3.8) is 0 Å². The van der Waals surface area contributed by atoms with Crippen LogP contribution in [0.15, 0.2) is 53.3 Å². The second-order valence-electron chi connectivity index (χ2n) is 6.21. The zero-order valence-corrected chi connectivity index (χ0v) is 14.0. The van der Waals surface area contributed by atoms with Crippen molar-refractivity contribution in [1.29, 1.82) is 0 Å². The van der Waals surface area contributed by atoms with Gasteiger partial charge in [0.2, 0.25) is 11.7 Å². The van der Waals surface area contributed by atoms with Crippen molar-refractivity contribution >= 4 is 5.91 Å². The summed E-state index contributed by atoms with van der Waals surface area (Å²) >= 11 is 0. The summed E-state index contributed by atoms with van der Waals surface area (Å²) in [6, 6.07) is 9.05. The summed E-state index contributed by atoms with van der Waals surface area (Å²) in [6.07, 6.45) is 5.89. The van der Waals surface area contributed by atoms with Crippen LogP contribution in [0.2, 0.25) is 0 Å². The van der Waals surface area contributed by atoms with E-state index in [1.165, 1.54) is 12.1 Å². The monoisotopic (exact) mass is 352 g/mol. The Kier molecular flexibility index (Phi) is 4.43. The molecule has 0 saturated carbocycles. The molecular weight excluding hydrogens is 335 g/mol. The first kappa shape index (κ1) is 16.4. The minimum Gasteiger partial charge on any atom is -0.337 e. The number of nitrogens with zero attached hydrogens (tertiary/aromatic N) is 4. The fourth-order valence-electron chi connectivity index (χ4n) is 3.18. The number of carbonyl (C=O) groups is 1. The highest BCUT2D eigenvalue weighted by molar-refractivity contribution is 5.94. The van der Waals surface area contributed by atoms with Gasteiger partial charge in [0.25, 0.3) is 5.91 Å². The number of hydrogen-bond donors (Lipinski definition) is 0. The zero-order valence-electron chi connectivity index (χ0n) is 14.0. The molecule has 132 valence electrons. The molecule has 4 rings (SSSR count). The number of carbonyl (C=O) groups excluding carboxylic acids is 1. The SMILES string of the molecule is O=C(c1ccncc1)N1CCCCC1c1nc(-c2ccc(F)cc2)no1. The second-order valence-corrected chi connectivity index (χ2v) is 6.21. The maximum Gasteiger partial charge on any atom is 0.254 e. The van der Waals surface area contributed by atoms with Gasteiger partial charge in [0, 0.05) is 30.1 Å². The van der Waals surface area contributed by atoms with Crippen LogP contribution >= 0.6 is 0 Å². The number of aromatic nitrogens is 3. The summed E-state index contributed by atoms with van der Waals surface area (Å²) in [5.41, 5.74) is 1.26. The average molecular weight is 352 g/mol. The van der Waals surface area contributed by atoms with E-state index < -0.39 is 0 Å². The van der Waals surface area contributed by atoms with Gasteiger partial charge in [-0.2, -0.15) is 4.98 Å². The van der Waals surface area contributed by atoms with Crippen LogP contribution in [0.3, 0.4) is 0 Å². The van der Waals surface area contributed by atoms with Crippen LogP contribution in [-0.4, -0.2) is 32.5 Å². The first-order valence-electron chi connectivity index (χ1n) is 8.53. The van der Waals surface area contributed by atoms with Crippen LogP contribution < -0.4 is 0 Å². The van der Waals surface area contributed by atoms with Crippen molar-refractivity contribution in [3.8, 4) is 11.4 Å². The first-order valence-corrected chi connectivity index (χ1v) is 8.53. The largest absolute Gasteiger partial charge is 0.337 e. The molecule has 26 heavy (non-hydrogen) atoms. The third kappa shape index (κ3) is 3.20. The Morgan fingerprint density at radius 1 is 1.12 bits per heavy atom. The van der Waals surface area contributed by atoms with Gasteiger partial charge in [-0.05, 0) is 55.7 Å². The van der Waals surface area contributed by atoms with E-state index in [0.717, 1.165) is 19.3 Å². The number of piperidine rings is 1. The molecule has 0 radical (unpaired) electrons. The van der Waals surface area contributed by atoms with E-state index in [1.807, 2.05) is 0 Å². The summed E-state index contributed by atoms with van der Waals surface area (Å²) in [5.74, 6) is 0.408. The van der Waals surface area contributed by atoms with Gasteiger partial charge in [0.05, 0.1) is 0 Å². The van der Waals surface area contributed by atoms with Crippen molar-refractivity contribution in [2.45, 2.75) is 25.3 Å². The molecule has 1 saturated heterocycles. The molecule has 1 aliphatic rings. The summed E-state index contributed by atoms with van der Waals surface area (Å²) in [5, 5.41) is 4.00. The summed E-state index contributed by atoms with van der Waals surface area (Å²) in [7, 11) is 0. The van der Waals surface area contributed by atoms with Crippen molar-refractivity contribution in [2.75, 3.05) is 6.54 Å². The van der Waals surface area contributed by atoms with Gasteiger partial charge in [-0.15, -0.1) is 0 Å². The summed E-state index contributed by atoms with van der Waals surface area (Å²) < 4.78 is 18.5. The van der Waals surface area contributed by atoms with Crippen LogP contribution in [0.25, 0.3) is 11.4 Å². The molecule has 1 unspecified atom stereocenters. The van der Waals surface area contributed by atoms with Gasteiger partial charge in [-0.3, -0.25) is 9.78 Å². The average Bonchev–Trinajstić information content (AvgIpc) is 3.19. The van der Waals surface area contributed by atoms with Gasteiger partial charge < -0.3 is 9.42 Å². The lowest BCUT2D eigenvalue weighted by atomic mass is 10.0. The predicted octanol–water partition coefficient (Wildman–Crippen LogP) is 3.64. The van der Waals surface area contributed by atoms with E-state index in [2.05, 4.69) is 15.1 Å². The van der Waals surface area contributed by atoms with Crippen LogP contribution in [-0.2, 0) is 0 Å². The molecule has 0 aliphatic carbocycles. The molecular formula is C19H17FN4O2. The number of amides is 1. The molecule has 1 aromatic carbocycles. The Morgan fingerprint density at radius 2 is 1.88 bits per heavy atom. The predicted molar refractivity (Wildman–Crippen MR) is 91.6 cm³/mol. The molecule has 1 amide bonds. The van der Waals surface area contributed by atoms with Crippen molar-refractivity contribution in [1.82, 2.24) is 20.0 Å². The van der Waals surface area contributed by atoms with Crippen molar-refractivity contribution in [2.24, 2.45) is 0 Å². The highest BCUT2D eigenvalue weighted by atomic mass is 19.1. The number of rotatable bonds is 3. The summed E-state index contributed by atoms with van der Waals surface area (Å²) in [6.45, 7) is 0.639. The highest BCUT2D eigenvalue weighted by Crippen LogP contribution is 2.32. The van der Waals surface area contributed by atoms with Gasteiger partial charge in [-0.1, -0.05) is 5.16 Å². The van der Waals surface area contributed by atoms with Gasteiger partial charge in [-0.25, -0.2) is 4.39 Å². The fraction of sp³-hybridized carbons (Fsp3) is 0.263. The molecule has 1 aliphatic heterocycles. The topological polar surface area (TPSA) is 72.1 Å². The Bertz CT molecular complexity index is 895. The lowest BCUT2D eigenvalue weighted by molar-refractivity contribution is 0.0561. The number of halogens is 1. The molecule has 0 bridgehead atoms.